The Balaban J connectivity index is 1.17. The fraction of sp³-hybridized carbons (Fsp3) is 0.326. The van der Waals surface area contributed by atoms with Crippen LogP contribution >= 0.6 is 0 Å². The number of phenolic OH excluding ortho intramolecular Hbond substituents is 1. The number of hydrogen-bond acceptors (Lipinski definition) is 7. The summed E-state index contributed by atoms with van der Waals surface area (Å²) < 4.78 is 53.2. The molecule has 11 nitrogen and oxygen atoms in total. The third-order valence-corrected chi connectivity index (χ3v) is 12.0. The van der Waals surface area contributed by atoms with Crippen molar-refractivity contribution in [1.82, 2.24) is 19.3 Å². The SMILES string of the molecule is Cc1c(C(=O)N(C)c2ccc(O)cc2)cc(-c2cc3c(cc2C(=O)N2Cc4ccccc4C[C@H]2CN2CCOCC2)CN(C(=O)Oc2cccc(C(F)(F)F)c2)CC3)n1C. The van der Waals surface area contributed by atoms with E-state index in [-0.39, 0.29) is 42.4 Å². The molecule has 0 unspecified atom stereocenters. The second-order valence-corrected chi connectivity index (χ2v) is 15.7. The van der Waals surface area contributed by atoms with Crippen LogP contribution < -0.4 is 9.64 Å². The average molecular weight is 822 g/mol. The smallest absolute Gasteiger partial charge is 0.416 e. The van der Waals surface area contributed by atoms with Crippen molar-refractivity contribution < 1.29 is 42.1 Å². The van der Waals surface area contributed by atoms with E-state index in [0.717, 1.165) is 36.3 Å². The van der Waals surface area contributed by atoms with Crippen LogP contribution in [0.2, 0.25) is 0 Å². The van der Waals surface area contributed by atoms with Crippen LogP contribution in [0.15, 0.2) is 91.0 Å². The number of aromatic nitrogens is 1. The van der Waals surface area contributed by atoms with Gasteiger partial charge in [-0.15, -0.1) is 0 Å². The number of anilines is 1. The Labute approximate surface area is 346 Å². The summed E-state index contributed by atoms with van der Waals surface area (Å²) in [5.74, 6) is -0.595. The van der Waals surface area contributed by atoms with E-state index in [4.69, 9.17) is 9.47 Å². The highest BCUT2D eigenvalue weighted by Crippen LogP contribution is 2.37. The summed E-state index contributed by atoms with van der Waals surface area (Å²) in [4.78, 5) is 50.1. The Morgan fingerprint density at radius 1 is 0.850 bits per heavy atom. The number of aromatic hydroxyl groups is 1. The normalized spacial score (nSPS) is 16.9. The summed E-state index contributed by atoms with van der Waals surface area (Å²) in [7, 11) is 3.53. The lowest BCUT2D eigenvalue weighted by Crippen LogP contribution is -2.52. The lowest BCUT2D eigenvalue weighted by molar-refractivity contribution is -0.137. The second kappa shape index (κ2) is 16.5. The van der Waals surface area contributed by atoms with Crippen LogP contribution in [-0.2, 0) is 43.9 Å². The predicted molar refractivity (Wildman–Crippen MR) is 219 cm³/mol. The minimum Gasteiger partial charge on any atom is -0.508 e. The van der Waals surface area contributed by atoms with Gasteiger partial charge >= 0.3 is 12.3 Å². The number of amides is 3. The van der Waals surface area contributed by atoms with Gasteiger partial charge in [0.15, 0.2) is 0 Å². The molecular formula is C46H46F3N5O6. The van der Waals surface area contributed by atoms with Crippen molar-refractivity contribution >= 4 is 23.6 Å². The van der Waals surface area contributed by atoms with Gasteiger partial charge in [0.25, 0.3) is 11.8 Å². The predicted octanol–water partition coefficient (Wildman–Crippen LogP) is 7.46. The number of rotatable bonds is 7. The summed E-state index contributed by atoms with van der Waals surface area (Å²) in [6.45, 7) is 5.96. The summed E-state index contributed by atoms with van der Waals surface area (Å²) in [6, 6.07) is 24.2. The Hall–Kier alpha value is -6.12. The van der Waals surface area contributed by atoms with Gasteiger partial charge in [-0.25, -0.2) is 4.79 Å². The fourth-order valence-corrected chi connectivity index (χ4v) is 8.43. The number of benzene rings is 4. The van der Waals surface area contributed by atoms with Gasteiger partial charge in [0.1, 0.15) is 11.5 Å². The molecule has 1 saturated heterocycles. The van der Waals surface area contributed by atoms with Crippen LogP contribution in [0.25, 0.3) is 11.3 Å². The molecule has 4 aromatic carbocycles. The number of hydrogen-bond donors (Lipinski definition) is 1. The molecule has 0 aliphatic carbocycles. The highest BCUT2D eigenvalue weighted by Gasteiger charge is 2.36. The summed E-state index contributed by atoms with van der Waals surface area (Å²) in [5.41, 5.74) is 6.38. The van der Waals surface area contributed by atoms with Gasteiger partial charge in [-0.05, 0) is 103 Å². The number of ether oxygens (including phenoxy) is 2. The van der Waals surface area contributed by atoms with Crippen LogP contribution in [0.4, 0.5) is 23.7 Å². The van der Waals surface area contributed by atoms with E-state index >= 15 is 4.79 Å². The first-order valence-electron chi connectivity index (χ1n) is 20.0. The molecule has 1 fully saturated rings. The molecule has 0 radical (unpaired) electrons. The topological polar surface area (TPSA) is 108 Å². The summed E-state index contributed by atoms with van der Waals surface area (Å²) in [5, 5.41) is 9.83. The Kier molecular flexibility index (Phi) is 11.2. The van der Waals surface area contributed by atoms with Crippen LogP contribution in [-0.4, -0.2) is 94.8 Å². The molecule has 1 aromatic heterocycles. The number of phenols is 1. The Morgan fingerprint density at radius 3 is 2.32 bits per heavy atom. The maximum absolute atomic E-state index is 15.3. The molecule has 1 atom stereocenters. The highest BCUT2D eigenvalue weighted by atomic mass is 19.4. The third-order valence-electron chi connectivity index (χ3n) is 12.0. The number of nitrogens with zero attached hydrogens (tertiary/aromatic N) is 5. The monoisotopic (exact) mass is 821 g/mol. The van der Waals surface area contributed by atoms with Crippen LogP contribution in [0.3, 0.4) is 0 Å². The van der Waals surface area contributed by atoms with Gasteiger partial charge in [0, 0.05) is 87.6 Å². The maximum Gasteiger partial charge on any atom is 0.416 e. The van der Waals surface area contributed by atoms with E-state index in [1.165, 1.54) is 39.6 Å². The number of morpholine rings is 1. The van der Waals surface area contributed by atoms with Crippen molar-refractivity contribution in [2.45, 2.75) is 45.1 Å². The van der Waals surface area contributed by atoms with Gasteiger partial charge in [-0.3, -0.25) is 14.5 Å². The maximum atomic E-state index is 15.3. The van der Waals surface area contributed by atoms with Crippen LogP contribution in [0.5, 0.6) is 11.5 Å². The first kappa shape index (κ1) is 40.7. The van der Waals surface area contributed by atoms with E-state index in [9.17, 15) is 27.9 Å². The Bertz CT molecular complexity index is 2440. The molecule has 0 saturated carbocycles. The quantitative estimate of drug-likeness (QED) is 0.182. The van der Waals surface area contributed by atoms with E-state index < -0.39 is 17.8 Å². The Morgan fingerprint density at radius 2 is 1.58 bits per heavy atom. The van der Waals surface area contributed by atoms with E-state index in [1.807, 2.05) is 59.8 Å². The molecule has 3 aliphatic rings. The number of halogens is 3. The first-order chi connectivity index (χ1) is 28.7. The number of carbonyl (C=O) groups is 3. The molecule has 3 amide bonds. The largest absolute Gasteiger partial charge is 0.508 e. The minimum absolute atomic E-state index is 0.0705. The summed E-state index contributed by atoms with van der Waals surface area (Å²) >= 11 is 0. The van der Waals surface area contributed by atoms with Gasteiger partial charge in [0.05, 0.1) is 24.3 Å². The molecule has 4 heterocycles. The number of alkyl halides is 3. The average Bonchev–Trinajstić information content (AvgIpc) is 3.55. The zero-order valence-corrected chi connectivity index (χ0v) is 33.7. The van der Waals surface area contributed by atoms with Crippen molar-refractivity contribution in [3.8, 4) is 22.8 Å². The van der Waals surface area contributed by atoms with Crippen molar-refractivity contribution in [2.24, 2.45) is 7.05 Å². The van der Waals surface area contributed by atoms with Crippen LogP contribution in [0.1, 0.15) is 54.2 Å². The van der Waals surface area contributed by atoms with Crippen molar-refractivity contribution in [3.63, 3.8) is 0 Å². The number of fused-ring (bicyclic) bond motifs is 2. The number of carbonyl (C=O) groups excluding carboxylic acids is 3. The second-order valence-electron chi connectivity index (χ2n) is 15.7. The van der Waals surface area contributed by atoms with Crippen molar-refractivity contribution in [3.05, 3.63) is 136 Å². The molecule has 5 aromatic rings. The van der Waals surface area contributed by atoms with E-state index in [2.05, 4.69) is 11.0 Å². The molecule has 0 spiro atoms. The molecule has 0 bridgehead atoms. The van der Waals surface area contributed by atoms with Crippen molar-refractivity contribution in [1.29, 1.82) is 0 Å². The minimum atomic E-state index is -4.60. The van der Waals surface area contributed by atoms with Crippen molar-refractivity contribution in [2.75, 3.05) is 51.3 Å². The molecular weight excluding hydrogens is 776 g/mol. The van der Waals surface area contributed by atoms with Gasteiger partial charge in [-0.2, -0.15) is 13.2 Å². The fourth-order valence-electron chi connectivity index (χ4n) is 8.43. The molecule has 60 heavy (non-hydrogen) atoms. The zero-order valence-electron chi connectivity index (χ0n) is 33.7. The van der Waals surface area contributed by atoms with E-state index in [0.29, 0.717) is 78.5 Å². The third kappa shape index (κ3) is 8.21. The van der Waals surface area contributed by atoms with Crippen LogP contribution in [0, 0.1) is 6.92 Å². The lowest BCUT2D eigenvalue weighted by atomic mass is 9.89. The molecule has 14 heteroatoms. The molecule has 1 N–H and O–H groups in total. The zero-order chi connectivity index (χ0) is 42.3. The highest BCUT2D eigenvalue weighted by molar-refractivity contribution is 6.08. The van der Waals surface area contributed by atoms with Gasteiger partial charge < -0.3 is 33.8 Å². The van der Waals surface area contributed by atoms with E-state index in [1.54, 1.807) is 19.2 Å². The summed E-state index contributed by atoms with van der Waals surface area (Å²) in [6.07, 6.45) is -4.34. The lowest BCUT2D eigenvalue weighted by Gasteiger charge is -2.41. The first-order valence-corrected chi connectivity index (χ1v) is 20.0. The molecule has 3 aliphatic heterocycles. The molecule has 312 valence electrons. The molecule has 8 rings (SSSR count). The van der Waals surface area contributed by atoms with Gasteiger partial charge in [0.2, 0.25) is 0 Å². The standard InChI is InChI=1S/C46H46F3N5O6/c1-29-39(43(56)51(3)35-11-13-37(55)14-12-35)25-42(50(29)2)40-22-31-15-16-53(45(58)60-38-10-6-9-34(24-38)46(47,48)49)26-33(31)23-41(40)44(57)54-27-32-8-5-4-7-30(32)21-36(54)28-52-17-19-59-20-18-52/h4-14,22-25,36,55H,15-21,26-28H2,1-3H3/t36-/m0/s1. The van der Waals surface area contributed by atoms with Gasteiger partial charge in [-0.1, -0.05) is 30.3 Å².